The highest BCUT2D eigenvalue weighted by Gasteiger charge is 2.37. The lowest BCUT2D eigenvalue weighted by atomic mass is 10.1. The molecule has 0 saturated carbocycles. The van der Waals surface area contributed by atoms with Crippen LogP contribution in [0.3, 0.4) is 0 Å². The van der Waals surface area contributed by atoms with Gasteiger partial charge in [-0.25, -0.2) is 4.39 Å². The molecular weight excluding hydrogens is 339 g/mol. The molecule has 1 N–H and O–H groups in total. The number of amides is 2. The number of halogens is 1. The number of nitrogens with zero attached hydrogens (tertiary/aromatic N) is 1. The molecule has 25 heavy (non-hydrogen) atoms. The SMILES string of the molecule is CSc1ccc(CNC(=O)[C@@H]2CCN(c3ccc(F)cc3)C2=O)cc1. The van der Waals surface area contributed by atoms with E-state index < -0.39 is 5.92 Å². The summed E-state index contributed by atoms with van der Waals surface area (Å²) < 4.78 is 13.0. The molecule has 2 amide bonds. The Hall–Kier alpha value is -2.34. The van der Waals surface area contributed by atoms with E-state index >= 15 is 0 Å². The Labute approximate surface area is 150 Å². The average molecular weight is 358 g/mol. The van der Waals surface area contributed by atoms with Crippen molar-refractivity contribution in [2.75, 3.05) is 17.7 Å². The van der Waals surface area contributed by atoms with Crippen molar-refractivity contribution in [3.05, 3.63) is 59.9 Å². The Kier molecular flexibility index (Phi) is 5.38. The van der Waals surface area contributed by atoms with E-state index in [0.717, 1.165) is 10.5 Å². The average Bonchev–Trinajstić information content (AvgIpc) is 3.02. The first-order valence-electron chi connectivity index (χ1n) is 8.06. The topological polar surface area (TPSA) is 49.4 Å². The zero-order valence-electron chi connectivity index (χ0n) is 13.9. The Bertz CT molecular complexity index is 762. The molecule has 1 aliphatic heterocycles. The van der Waals surface area contributed by atoms with E-state index in [1.54, 1.807) is 23.9 Å². The van der Waals surface area contributed by atoms with Crippen LogP contribution in [0.4, 0.5) is 10.1 Å². The van der Waals surface area contributed by atoms with Crippen LogP contribution in [-0.4, -0.2) is 24.6 Å². The summed E-state index contributed by atoms with van der Waals surface area (Å²) in [6.07, 6.45) is 2.48. The second-order valence-electron chi connectivity index (χ2n) is 5.87. The molecule has 1 heterocycles. The molecule has 3 rings (SSSR count). The zero-order valence-corrected chi connectivity index (χ0v) is 14.7. The van der Waals surface area contributed by atoms with Gasteiger partial charge in [-0.05, 0) is 54.6 Å². The number of hydrogen-bond donors (Lipinski definition) is 1. The zero-order chi connectivity index (χ0) is 17.8. The summed E-state index contributed by atoms with van der Waals surface area (Å²) in [7, 11) is 0. The Morgan fingerprint density at radius 2 is 1.88 bits per heavy atom. The monoisotopic (exact) mass is 358 g/mol. The van der Waals surface area contributed by atoms with E-state index in [1.165, 1.54) is 17.0 Å². The number of carbonyl (C=O) groups excluding carboxylic acids is 2. The number of benzene rings is 2. The van der Waals surface area contributed by atoms with Gasteiger partial charge in [0.2, 0.25) is 11.8 Å². The molecule has 0 unspecified atom stereocenters. The first-order chi connectivity index (χ1) is 12.1. The van der Waals surface area contributed by atoms with Gasteiger partial charge < -0.3 is 10.2 Å². The highest BCUT2D eigenvalue weighted by Crippen LogP contribution is 2.25. The number of nitrogens with one attached hydrogen (secondary N) is 1. The van der Waals surface area contributed by atoms with Gasteiger partial charge in [-0.1, -0.05) is 12.1 Å². The van der Waals surface area contributed by atoms with Gasteiger partial charge in [-0.2, -0.15) is 0 Å². The number of thioether (sulfide) groups is 1. The van der Waals surface area contributed by atoms with Crippen LogP contribution in [-0.2, 0) is 16.1 Å². The third-order valence-corrected chi connectivity index (χ3v) is 5.03. The summed E-state index contributed by atoms with van der Waals surface area (Å²) in [5.74, 6) is -1.53. The normalized spacial score (nSPS) is 17.0. The van der Waals surface area contributed by atoms with Gasteiger partial charge in [-0.3, -0.25) is 9.59 Å². The van der Waals surface area contributed by atoms with Crippen LogP contribution in [0.5, 0.6) is 0 Å². The molecule has 1 saturated heterocycles. The number of hydrogen-bond acceptors (Lipinski definition) is 3. The van der Waals surface area contributed by atoms with Crippen LogP contribution in [0.2, 0.25) is 0 Å². The maximum atomic E-state index is 13.0. The van der Waals surface area contributed by atoms with Crippen LogP contribution in [0.1, 0.15) is 12.0 Å². The summed E-state index contributed by atoms with van der Waals surface area (Å²) in [6.45, 7) is 0.860. The quantitative estimate of drug-likeness (QED) is 0.660. The third-order valence-electron chi connectivity index (χ3n) is 4.29. The van der Waals surface area contributed by atoms with E-state index in [-0.39, 0.29) is 17.6 Å². The fourth-order valence-corrected chi connectivity index (χ4v) is 3.26. The van der Waals surface area contributed by atoms with Crippen LogP contribution < -0.4 is 10.2 Å². The second kappa shape index (κ2) is 7.70. The van der Waals surface area contributed by atoms with Crippen LogP contribution >= 0.6 is 11.8 Å². The van der Waals surface area contributed by atoms with Crippen molar-refractivity contribution in [3.8, 4) is 0 Å². The standard InChI is InChI=1S/C19H19FN2O2S/c1-25-16-8-2-13(3-9-16)12-21-18(23)17-10-11-22(19(17)24)15-6-4-14(20)5-7-15/h2-9,17H,10-12H2,1H3,(H,21,23)/t17-/m0/s1. The summed E-state index contributed by atoms with van der Waals surface area (Å²) in [5.41, 5.74) is 1.61. The number of rotatable bonds is 5. The van der Waals surface area contributed by atoms with Crippen molar-refractivity contribution < 1.29 is 14.0 Å². The molecule has 1 aliphatic rings. The number of carbonyl (C=O) groups is 2. The van der Waals surface area contributed by atoms with Crippen molar-refractivity contribution in [2.45, 2.75) is 17.9 Å². The summed E-state index contributed by atoms with van der Waals surface area (Å²) in [5, 5.41) is 2.84. The minimum Gasteiger partial charge on any atom is -0.351 e. The summed E-state index contributed by atoms with van der Waals surface area (Å²) in [6, 6.07) is 13.7. The number of anilines is 1. The van der Waals surface area contributed by atoms with E-state index in [0.29, 0.717) is 25.2 Å². The van der Waals surface area contributed by atoms with Crippen molar-refractivity contribution in [1.29, 1.82) is 0 Å². The Balaban J connectivity index is 1.59. The fourth-order valence-electron chi connectivity index (χ4n) is 2.86. The lowest BCUT2D eigenvalue weighted by Crippen LogP contribution is -2.36. The van der Waals surface area contributed by atoms with Gasteiger partial charge in [0.15, 0.2) is 0 Å². The van der Waals surface area contributed by atoms with Crippen LogP contribution in [0.15, 0.2) is 53.4 Å². The minimum atomic E-state index is -0.685. The maximum absolute atomic E-state index is 13.0. The molecule has 4 nitrogen and oxygen atoms in total. The van der Waals surface area contributed by atoms with Gasteiger partial charge in [0, 0.05) is 23.7 Å². The van der Waals surface area contributed by atoms with Crippen LogP contribution in [0.25, 0.3) is 0 Å². The molecule has 0 bridgehead atoms. The van der Waals surface area contributed by atoms with Crippen molar-refractivity contribution in [3.63, 3.8) is 0 Å². The smallest absolute Gasteiger partial charge is 0.239 e. The van der Waals surface area contributed by atoms with Gasteiger partial charge in [-0.15, -0.1) is 11.8 Å². The molecule has 2 aromatic carbocycles. The molecule has 0 radical (unpaired) electrons. The van der Waals surface area contributed by atoms with Crippen molar-refractivity contribution in [1.82, 2.24) is 5.32 Å². The second-order valence-corrected chi connectivity index (χ2v) is 6.75. The predicted octanol–water partition coefficient (Wildman–Crippen LogP) is 3.22. The Morgan fingerprint density at radius 3 is 2.52 bits per heavy atom. The summed E-state index contributed by atoms with van der Waals surface area (Å²) in [4.78, 5) is 27.6. The Morgan fingerprint density at radius 1 is 1.20 bits per heavy atom. The van der Waals surface area contributed by atoms with Gasteiger partial charge >= 0.3 is 0 Å². The molecule has 0 aliphatic carbocycles. The third kappa shape index (κ3) is 4.02. The first kappa shape index (κ1) is 17.5. The summed E-state index contributed by atoms with van der Waals surface area (Å²) >= 11 is 1.66. The molecule has 0 aromatic heterocycles. The molecule has 130 valence electrons. The van der Waals surface area contributed by atoms with E-state index in [9.17, 15) is 14.0 Å². The fraction of sp³-hybridized carbons (Fsp3) is 0.263. The first-order valence-corrected chi connectivity index (χ1v) is 9.28. The van der Waals surface area contributed by atoms with Gasteiger partial charge in [0.05, 0.1) is 0 Å². The molecule has 1 fully saturated rings. The molecule has 1 atom stereocenters. The lowest BCUT2D eigenvalue weighted by Gasteiger charge is -2.16. The van der Waals surface area contributed by atoms with Crippen molar-refractivity contribution >= 4 is 29.3 Å². The highest BCUT2D eigenvalue weighted by atomic mass is 32.2. The lowest BCUT2D eigenvalue weighted by molar-refractivity contribution is -0.132. The predicted molar refractivity (Wildman–Crippen MR) is 96.9 cm³/mol. The van der Waals surface area contributed by atoms with E-state index in [1.807, 2.05) is 30.5 Å². The molecule has 6 heteroatoms. The van der Waals surface area contributed by atoms with E-state index in [4.69, 9.17) is 0 Å². The van der Waals surface area contributed by atoms with Crippen LogP contribution in [0, 0.1) is 11.7 Å². The largest absolute Gasteiger partial charge is 0.351 e. The van der Waals surface area contributed by atoms with Gasteiger partial charge in [0.1, 0.15) is 11.7 Å². The van der Waals surface area contributed by atoms with E-state index in [2.05, 4.69) is 5.32 Å². The molecule has 0 spiro atoms. The molecule has 2 aromatic rings. The maximum Gasteiger partial charge on any atom is 0.239 e. The van der Waals surface area contributed by atoms with Gasteiger partial charge in [0.25, 0.3) is 0 Å². The minimum absolute atomic E-state index is 0.234. The van der Waals surface area contributed by atoms with Crippen molar-refractivity contribution in [2.24, 2.45) is 5.92 Å². The molecular formula is C19H19FN2O2S. The highest BCUT2D eigenvalue weighted by molar-refractivity contribution is 7.98.